The predicted molar refractivity (Wildman–Crippen MR) is 135 cm³/mol. The van der Waals surface area contributed by atoms with Crippen LogP contribution in [0.3, 0.4) is 0 Å². The normalized spacial score (nSPS) is 13.2. The second-order valence-electron chi connectivity index (χ2n) is 6.80. The van der Waals surface area contributed by atoms with Crippen LogP contribution in [0.25, 0.3) is 0 Å². The summed E-state index contributed by atoms with van der Waals surface area (Å²) in [5, 5.41) is 25.8. The van der Waals surface area contributed by atoms with Gasteiger partial charge in [0.1, 0.15) is 23.0 Å². The van der Waals surface area contributed by atoms with E-state index in [-0.39, 0.29) is 40.5 Å². The van der Waals surface area contributed by atoms with Crippen LogP contribution < -0.4 is 42.3 Å². The van der Waals surface area contributed by atoms with Gasteiger partial charge in [0, 0.05) is 17.0 Å². The van der Waals surface area contributed by atoms with Crippen molar-refractivity contribution in [2.75, 3.05) is 0 Å². The van der Waals surface area contributed by atoms with Crippen molar-refractivity contribution in [2.24, 2.45) is 64.2 Å². The van der Waals surface area contributed by atoms with Gasteiger partial charge in [-0.1, -0.05) is 39.5 Å². The Balaban J connectivity index is 2.96. The number of nitrogens with two attached hydrogens (primary N) is 4. The maximum atomic E-state index is 7.27. The number of benzene rings is 2. The molecule has 12 N–H and O–H groups in total. The van der Waals surface area contributed by atoms with E-state index in [0.717, 1.165) is 0 Å². The van der Waals surface area contributed by atoms with Crippen molar-refractivity contribution in [3.8, 4) is 23.0 Å². The van der Waals surface area contributed by atoms with Gasteiger partial charge in [-0.05, 0) is 30.7 Å². The minimum atomic E-state index is -0.800. The Kier molecular flexibility index (Phi) is 10.8. The van der Waals surface area contributed by atoms with Crippen molar-refractivity contribution in [3.63, 3.8) is 0 Å². The quantitative estimate of drug-likeness (QED) is 0.0845. The Bertz CT molecular complexity index is 1150. The zero-order valence-corrected chi connectivity index (χ0v) is 20.3. The van der Waals surface area contributed by atoms with Crippen molar-refractivity contribution >= 4 is 24.1 Å². The number of amidine groups is 4. The molecule has 0 aromatic heterocycles. The first-order chi connectivity index (χ1) is 18.9. The minimum absolute atomic E-state index is 0.0532. The van der Waals surface area contributed by atoms with Crippen LogP contribution in [0.2, 0.25) is 0 Å². The number of nitrogens with zero attached hydrogens (tertiary/aromatic N) is 8. The van der Waals surface area contributed by atoms with Crippen molar-refractivity contribution < 1.29 is 18.9 Å². The highest BCUT2D eigenvalue weighted by Gasteiger charge is 2.30. The third-order valence-electron chi connectivity index (χ3n) is 4.79. The van der Waals surface area contributed by atoms with Gasteiger partial charge in [-0.2, -0.15) is 22.1 Å². The molecule has 0 saturated carbocycles. The van der Waals surface area contributed by atoms with Gasteiger partial charge in [-0.3, -0.25) is 0 Å². The molecule has 2 aromatic rings. The van der Waals surface area contributed by atoms with E-state index >= 15 is 0 Å². The fraction of sp³-hybridized carbons (Fsp3) is 0.158. The first-order valence-corrected chi connectivity index (χ1v) is 10.5. The third-order valence-corrected chi connectivity index (χ3v) is 4.79. The summed E-state index contributed by atoms with van der Waals surface area (Å²) < 4.78 is 22.6. The average Bonchev–Trinajstić information content (AvgIpc) is 2.97. The molecule has 2 rings (SSSR count). The van der Waals surface area contributed by atoms with Crippen LogP contribution in [-0.4, -0.2) is 24.1 Å². The Morgan fingerprint density at radius 3 is 1.03 bits per heavy atom. The van der Waals surface area contributed by atoms with E-state index < -0.39 is 30.0 Å². The number of nitrogens with one attached hydrogen (secondary N) is 4. The topological polar surface area (TPSA) is 335 Å². The summed E-state index contributed by atoms with van der Waals surface area (Å²) in [5.74, 6) is 20.5. The zero-order chi connectivity index (χ0) is 28.8. The van der Waals surface area contributed by atoms with Crippen LogP contribution in [0.4, 0.5) is 0 Å². The molecule has 20 nitrogen and oxygen atoms in total. The molecule has 0 radical (unpaired) electrons. The average molecular weight is 541 g/mol. The Morgan fingerprint density at radius 1 is 0.590 bits per heavy atom. The maximum Gasteiger partial charge on any atom is 0.357 e. The van der Waals surface area contributed by atoms with Gasteiger partial charge in [-0.25, -0.2) is 0 Å². The lowest BCUT2D eigenvalue weighted by molar-refractivity contribution is 0.470. The monoisotopic (exact) mass is 540 g/mol. The smallest absolute Gasteiger partial charge is 0.357 e. The highest BCUT2D eigenvalue weighted by molar-refractivity contribution is 5.81. The van der Waals surface area contributed by atoms with Gasteiger partial charge < -0.3 is 42.3 Å². The van der Waals surface area contributed by atoms with E-state index in [9.17, 15) is 0 Å². The Hall–Kier alpha value is -6.08. The maximum absolute atomic E-state index is 7.27. The molecule has 0 heterocycles. The number of hydrogen-bond donors (Lipinski definition) is 8. The lowest BCUT2D eigenvalue weighted by Crippen LogP contribution is -2.17. The molecular weight excluding hydrogens is 516 g/mol. The molecule has 0 aliphatic heterocycles. The Labute approximate surface area is 219 Å². The largest absolute Gasteiger partial charge is 0.422 e. The number of ether oxygens (including phenoxy) is 4. The van der Waals surface area contributed by atoms with E-state index in [4.69, 9.17) is 64.4 Å². The fourth-order valence-corrected chi connectivity index (χ4v) is 3.35. The van der Waals surface area contributed by atoms with E-state index in [0.29, 0.717) is 0 Å². The molecule has 39 heavy (non-hydrogen) atoms. The summed E-state index contributed by atoms with van der Waals surface area (Å²) in [6.07, 6.45) is 0.272. The molecule has 2 aromatic carbocycles. The van der Waals surface area contributed by atoms with Crippen LogP contribution in [0, 0.1) is 22.1 Å². The molecule has 0 atom stereocenters. The van der Waals surface area contributed by atoms with Crippen LogP contribution in [-0.2, 0) is 0 Å². The summed E-state index contributed by atoms with van der Waals surface area (Å²) in [5.41, 5.74) is 29.6. The molecule has 0 fully saturated rings. The standard InChI is InChI=1S/C19H24N16O4/c1-2-9(14-10(36-16(28-20)29-21)5-3-6-11(14)37-17(30-22)31-23)15-12(38-18(32-24)33-25)7-4-8-13(15)39-19(34-26)35-27/h3-9,20,22,24,26H,2,21,23,25,27H2,1H3. The van der Waals surface area contributed by atoms with Crippen LogP contribution in [0.15, 0.2) is 77.3 Å². The lowest BCUT2D eigenvalue weighted by atomic mass is 9.86. The molecule has 0 bridgehead atoms. The molecule has 20 heteroatoms. The third kappa shape index (κ3) is 6.99. The van der Waals surface area contributed by atoms with E-state index in [2.05, 4.69) is 40.9 Å². The lowest BCUT2D eigenvalue weighted by Gasteiger charge is -2.25. The summed E-state index contributed by atoms with van der Waals surface area (Å²) in [6, 6.07) is 7.04. The van der Waals surface area contributed by atoms with E-state index in [1.54, 1.807) is 6.92 Å². The van der Waals surface area contributed by atoms with Crippen molar-refractivity contribution in [1.82, 2.24) is 0 Å². The highest BCUT2D eigenvalue weighted by atomic mass is 16.5. The molecular formula is C19H24N16O4. The predicted octanol–water partition coefficient (Wildman–Crippen LogP) is 2.79. The second-order valence-corrected chi connectivity index (χ2v) is 6.80. The van der Waals surface area contributed by atoms with Crippen LogP contribution in [0.1, 0.15) is 30.4 Å². The molecule has 0 saturated heterocycles. The summed E-state index contributed by atoms with van der Waals surface area (Å²) in [4.78, 5) is 0. The van der Waals surface area contributed by atoms with Crippen LogP contribution >= 0.6 is 0 Å². The second kappa shape index (κ2) is 14.5. The Morgan fingerprint density at radius 2 is 0.846 bits per heavy atom. The zero-order valence-electron chi connectivity index (χ0n) is 20.3. The van der Waals surface area contributed by atoms with Crippen molar-refractivity contribution in [2.45, 2.75) is 19.3 Å². The van der Waals surface area contributed by atoms with Crippen LogP contribution in [0.5, 0.6) is 23.0 Å². The van der Waals surface area contributed by atoms with Gasteiger partial charge in [0.2, 0.25) is 0 Å². The number of hydrazone groups is 4. The first-order valence-electron chi connectivity index (χ1n) is 10.5. The van der Waals surface area contributed by atoms with E-state index in [1.807, 2.05) is 0 Å². The van der Waals surface area contributed by atoms with Gasteiger partial charge in [-0.15, -0.1) is 20.4 Å². The molecule has 0 spiro atoms. The number of hydrogen-bond acceptors (Lipinski definition) is 16. The minimum Gasteiger partial charge on any atom is -0.422 e. The SMILES string of the molecule is CCC(c1c(OC(N=N)=NN)cccc1OC(N=N)=NN)c1c(OC(N=N)=NN)cccc1OC(N=N)=NN. The van der Waals surface area contributed by atoms with Crippen molar-refractivity contribution in [3.05, 3.63) is 47.5 Å². The molecule has 0 aliphatic rings. The highest BCUT2D eigenvalue weighted by Crippen LogP contribution is 2.47. The fourth-order valence-electron chi connectivity index (χ4n) is 3.35. The molecule has 0 unspecified atom stereocenters. The first kappa shape index (κ1) is 29.2. The molecule has 0 aliphatic carbocycles. The summed E-state index contributed by atoms with van der Waals surface area (Å²) in [6.45, 7) is 1.78. The van der Waals surface area contributed by atoms with Gasteiger partial charge in [0.15, 0.2) is 0 Å². The van der Waals surface area contributed by atoms with E-state index in [1.165, 1.54) is 36.4 Å². The van der Waals surface area contributed by atoms with Gasteiger partial charge in [0.25, 0.3) is 0 Å². The summed E-state index contributed by atoms with van der Waals surface area (Å²) >= 11 is 0. The van der Waals surface area contributed by atoms with Gasteiger partial charge in [0.05, 0.1) is 0 Å². The number of rotatable bonds is 7. The van der Waals surface area contributed by atoms with Gasteiger partial charge >= 0.3 is 24.1 Å². The molecule has 0 amide bonds. The summed E-state index contributed by atoms with van der Waals surface area (Å²) in [7, 11) is 0. The molecule has 204 valence electrons. The van der Waals surface area contributed by atoms with Crippen molar-refractivity contribution in [1.29, 1.82) is 22.1 Å².